The van der Waals surface area contributed by atoms with Gasteiger partial charge in [-0.25, -0.2) is 0 Å². The van der Waals surface area contributed by atoms with Crippen LogP contribution in [0.5, 0.6) is 0 Å². The van der Waals surface area contributed by atoms with Gasteiger partial charge in [-0.05, 0) is 61.3 Å². The van der Waals surface area contributed by atoms with Crippen molar-refractivity contribution in [3.63, 3.8) is 0 Å². The Labute approximate surface area is 262 Å². The molecule has 0 heterocycles. The van der Waals surface area contributed by atoms with Gasteiger partial charge in [-0.3, -0.25) is 0 Å². The molecule has 0 aromatic carbocycles. The molecular weight excluding hydrogens is 532 g/mol. The Kier molecular flexibility index (Phi) is 32.1. The molecule has 0 bridgehead atoms. The summed E-state index contributed by atoms with van der Waals surface area (Å²) in [5.41, 5.74) is 0. The minimum absolute atomic E-state index is 0.177. The Morgan fingerprint density at radius 3 is 1.07 bits per heavy atom. The standard InChI is InChI=1S/C18H38O4.C17H36O3/c1-6-11-12-13-14-15-16-17(19-7-2)18(20-8-3,21-9-4)22-10-5;1-6-10-11-12-13-14-15-16(5)17(18-7-2,19-8-3)20-9-4/h17H,6-16H2,1-5H3;16H,6-15H2,1-5H3. The van der Waals surface area contributed by atoms with Gasteiger partial charge in [0.25, 0.3) is 5.97 Å². The quantitative estimate of drug-likeness (QED) is 0.0595. The van der Waals surface area contributed by atoms with Gasteiger partial charge in [0, 0.05) is 52.2 Å². The summed E-state index contributed by atoms with van der Waals surface area (Å²) in [7, 11) is 0. The molecule has 0 aliphatic carbocycles. The molecule has 0 fully saturated rings. The zero-order chi connectivity index (χ0) is 32.0. The van der Waals surface area contributed by atoms with Crippen molar-refractivity contribution in [3.05, 3.63) is 0 Å². The third-order valence-electron chi connectivity index (χ3n) is 7.25. The van der Waals surface area contributed by atoms with Crippen LogP contribution in [-0.4, -0.2) is 64.3 Å². The van der Waals surface area contributed by atoms with E-state index in [1.165, 1.54) is 70.6 Å². The first-order valence-electron chi connectivity index (χ1n) is 17.8. The highest BCUT2D eigenvalue weighted by molar-refractivity contribution is 4.73. The number of hydrogen-bond donors (Lipinski definition) is 0. The lowest BCUT2D eigenvalue weighted by Crippen LogP contribution is -2.51. The monoisotopic (exact) mass is 607 g/mol. The first kappa shape index (κ1) is 43.8. The molecule has 42 heavy (non-hydrogen) atoms. The lowest BCUT2D eigenvalue weighted by Gasteiger charge is -2.38. The highest BCUT2D eigenvalue weighted by Gasteiger charge is 2.43. The van der Waals surface area contributed by atoms with Crippen LogP contribution in [0.3, 0.4) is 0 Å². The molecule has 7 heteroatoms. The van der Waals surface area contributed by atoms with E-state index in [-0.39, 0.29) is 12.0 Å². The maximum Gasteiger partial charge on any atom is 0.310 e. The van der Waals surface area contributed by atoms with Crippen molar-refractivity contribution >= 4 is 0 Å². The third kappa shape index (κ3) is 19.9. The van der Waals surface area contributed by atoms with Crippen LogP contribution in [0.4, 0.5) is 0 Å². The third-order valence-corrected chi connectivity index (χ3v) is 7.25. The first-order chi connectivity index (χ1) is 20.4. The smallest absolute Gasteiger partial charge is 0.310 e. The maximum absolute atomic E-state index is 5.92. The second-order valence-electron chi connectivity index (χ2n) is 10.8. The van der Waals surface area contributed by atoms with Gasteiger partial charge in [0.05, 0.1) is 0 Å². The summed E-state index contributed by atoms with van der Waals surface area (Å²) in [6.07, 6.45) is 17.3. The Morgan fingerprint density at radius 2 is 0.714 bits per heavy atom. The summed E-state index contributed by atoms with van der Waals surface area (Å²) in [5, 5.41) is 0. The molecule has 256 valence electrons. The normalized spacial score (nSPS) is 13.6. The van der Waals surface area contributed by atoms with Gasteiger partial charge in [0.2, 0.25) is 0 Å². The van der Waals surface area contributed by atoms with Gasteiger partial charge in [0.1, 0.15) is 6.10 Å². The molecule has 0 spiro atoms. The van der Waals surface area contributed by atoms with Crippen LogP contribution in [0.1, 0.15) is 159 Å². The molecule has 0 N–H and O–H groups in total. The molecule has 0 aliphatic rings. The SMILES string of the molecule is CCCCCCCCC(C)C(OCC)(OCC)OCC.CCCCCCCCC(OCC)C(OCC)(OCC)OCC. The average Bonchev–Trinajstić information content (AvgIpc) is 2.97. The van der Waals surface area contributed by atoms with Gasteiger partial charge < -0.3 is 33.2 Å². The second kappa shape index (κ2) is 30.7. The van der Waals surface area contributed by atoms with Gasteiger partial charge >= 0.3 is 5.97 Å². The van der Waals surface area contributed by atoms with Gasteiger partial charge in [-0.15, -0.1) is 0 Å². The summed E-state index contributed by atoms with van der Waals surface area (Å²) < 4.78 is 40.9. The van der Waals surface area contributed by atoms with Crippen molar-refractivity contribution in [1.29, 1.82) is 0 Å². The molecule has 0 amide bonds. The lowest BCUT2D eigenvalue weighted by atomic mass is 9.99. The van der Waals surface area contributed by atoms with E-state index in [0.717, 1.165) is 19.3 Å². The average molecular weight is 607 g/mol. The predicted molar refractivity (Wildman–Crippen MR) is 176 cm³/mol. The number of ether oxygens (including phenoxy) is 7. The molecule has 7 nitrogen and oxygen atoms in total. The highest BCUT2D eigenvalue weighted by Crippen LogP contribution is 2.30. The molecule has 0 aromatic rings. The Hall–Kier alpha value is -0.280. The van der Waals surface area contributed by atoms with Crippen molar-refractivity contribution in [2.24, 2.45) is 5.92 Å². The zero-order valence-electron chi connectivity index (χ0n) is 29.9. The summed E-state index contributed by atoms with van der Waals surface area (Å²) in [6, 6.07) is 0. The molecule has 0 rings (SSSR count). The lowest BCUT2D eigenvalue weighted by molar-refractivity contribution is -0.415. The van der Waals surface area contributed by atoms with Crippen LogP contribution in [0, 0.1) is 5.92 Å². The summed E-state index contributed by atoms with van der Waals surface area (Å²) >= 11 is 0. The van der Waals surface area contributed by atoms with Crippen molar-refractivity contribution < 1.29 is 33.2 Å². The van der Waals surface area contributed by atoms with E-state index >= 15 is 0 Å². The maximum atomic E-state index is 5.92. The Morgan fingerprint density at radius 1 is 0.381 bits per heavy atom. The molecule has 0 saturated carbocycles. The van der Waals surface area contributed by atoms with E-state index in [1.54, 1.807) is 0 Å². The molecule has 0 saturated heterocycles. The van der Waals surface area contributed by atoms with E-state index in [4.69, 9.17) is 33.2 Å². The number of rotatable bonds is 30. The van der Waals surface area contributed by atoms with E-state index in [2.05, 4.69) is 20.8 Å². The van der Waals surface area contributed by atoms with E-state index in [0.29, 0.717) is 46.2 Å². The molecule has 2 unspecified atom stereocenters. The van der Waals surface area contributed by atoms with E-state index in [1.807, 2.05) is 48.5 Å². The fraction of sp³-hybridized carbons (Fsp3) is 1.00. The molecule has 0 radical (unpaired) electrons. The summed E-state index contributed by atoms with van der Waals surface area (Å²) in [4.78, 5) is 0. The Bertz CT molecular complexity index is 497. The number of unbranched alkanes of at least 4 members (excludes halogenated alkanes) is 10. The minimum atomic E-state index is -1.06. The zero-order valence-corrected chi connectivity index (χ0v) is 29.9. The van der Waals surface area contributed by atoms with Crippen LogP contribution in [0.15, 0.2) is 0 Å². The summed E-state index contributed by atoms with van der Waals surface area (Å²) in [5.74, 6) is -1.65. The van der Waals surface area contributed by atoms with Crippen molar-refractivity contribution in [1.82, 2.24) is 0 Å². The van der Waals surface area contributed by atoms with Crippen LogP contribution in [-0.2, 0) is 33.2 Å². The minimum Gasteiger partial charge on any atom is -0.370 e. The van der Waals surface area contributed by atoms with Crippen LogP contribution < -0.4 is 0 Å². The van der Waals surface area contributed by atoms with Crippen LogP contribution in [0.25, 0.3) is 0 Å². The molecular formula is C35H74O7. The van der Waals surface area contributed by atoms with Crippen molar-refractivity contribution in [2.45, 2.75) is 177 Å². The number of hydrogen-bond acceptors (Lipinski definition) is 7. The first-order valence-corrected chi connectivity index (χ1v) is 17.8. The second-order valence-corrected chi connectivity index (χ2v) is 10.8. The molecule has 0 aliphatic heterocycles. The van der Waals surface area contributed by atoms with Gasteiger partial charge in [0.15, 0.2) is 0 Å². The largest absolute Gasteiger partial charge is 0.370 e. The Balaban J connectivity index is 0. The molecule has 0 aromatic heterocycles. The topological polar surface area (TPSA) is 64.6 Å². The fourth-order valence-corrected chi connectivity index (χ4v) is 5.24. The predicted octanol–water partition coefficient (Wildman–Crippen LogP) is 10.0. The van der Waals surface area contributed by atoms with Crippen molar-refractivity contribution in [2.75, 3.05) is 46.2 Å². The van der Waals surface area contributed by atoms with E-state index < -0.39 is 11.9 Å². The van der Waals surface area contributed by atoms with Crippen LogP contribution >= 0.6 is 0 Å². The highest BCUT2D eigenvalue weighted by atomic mass is 16.9. The van der Waals surface area contributed by atoms with Crippen LogP contribution in [0.2, 0.25) is 0 Å². The van der Waals surface area contributed by atoms with Crippen molar-refractivity contribution in [3.8, 4) is 0 Å². The van der Waals surface area contributed by atoms with Gasteiger partial charge in [-0.1, -0.05) is 97.8 Å². The fourth-order valence-electron chi connectivity index (χ4n) is 5.24. The summed E-state index contributed by atoms with van der Waals surface area (Å²) in [6.45, 7) is 24.6. The van der Waals surface area contributed by atoms with Gasteiger partial charge in [-0.2, -0.15) is 0 Å². The molecule has 2 atom stereocenters. The van der Waals surface area contributed by atoms with E-state index in [9.17, 15) is 0 Å².